The first-order valence-electron chi connectivity index (χ1n) is 27.6. The van der Waals surface area contributed by atoms with Crippen molar-refractivity contribution in [1.82, 2.24) is 0 Å². The number of hydrogen-bond acceptors (Lipinski definition) is 2. The lowest BCUT2D eigenvalue weighted by Crippen LogP contribution is -2.16. The Balaban J connectivity index is 0.868. The van der Waals surface area contributed by atoms with Crippen molar-refractivity contribution >= 4 is 34.1 Å². The molecule has 0 unspecified atom stereocenters. The zero-order valence-corrected chi connectivity index (χ0v) is 44.0. The second kappa shape index (κ2) is 20.6. The molecule has 0 heterocycles. The van der Waals surface area contributed by atoms with Crippen LogP contribution in [0, 0.1) is 0 Å². The molecule has 2 aliphatic rings. The molecule has 0 saturated heterocycles. The lowest BCUT2D eigenvalue weighted by atomic mass is 9.82. The summed E-state index contributed by atoms with van der Waals surface area (Å²) in [5.41, 5.74) is 25.4. The van der Waals surface area contributed by atoms with Gasteiger partial charge in [-0.05, 0) is 187 Å². The third kappa shape index (κ3) is 9.25. The molecule has 0 atom stereocenters. The van der Waals surface area contributed by atoms with Crippen molar-refractivity contribution in [3.05, 3.63) is 290 Å². The minimum atomic E-state index is -0.107. The number of para-hydroxylation sites is 2. The molecule has 0 amide bonds. The van der Waals surface area contributed by atoms with Crippen molar-refractivity contribution in [2.24, 2.45) is 0 Å². The van der Waals surface area contributed by atoms with Crippen LogP contribution in [0.25, 0.3) is 66.8 Å². The van der Waals surface area contributed by atoms with Crippen LogP contribution < -0.4 is 9.80 Å². The number of hydrogen-bond donors (Lipinski definition) is 0. The topological polar surface area (TPSA) is 6.48 Å². The van der Waals surface area contributed by atoms with Crippen LogP contribution in [0.5, 0.6) is 0 Å². The number of rotatable bonds is 12. The van der Waals surface area contributed by atoms with Gasteiger partial charge >= 0.3 is 0 Å². The van der Waals surface area contributed by atoms with E-state index in [1.807, 2.05) is 0 Å². The van der Waals surface area contributed by atoms with E-state index in [0.29, 0.717) is 5.92 Å². The summed E-state index contributed by atoms with van der Waals surface area (Å²) in [5.74, 6) is 0.706. The Morgan fingerprint density at radius 3 is 1.10 bits per heavy atom. The fourth-order valence-electron chi connectivity index (χ4n) is 12.4. The van der Waals surface area contributed by atoms with E-state index in [1.54, 1.807) is 0 Å². The lowest BCUT2D eigenvalue weighted by molar-refractivity contribution is 0.443. The molecule has 0 aliphatic heterocycles. The zero-order chi connectivity index (χ0) is 51.7. The van der Waals surface area contributed by atoms with Gasteiger partial charge in [-0.1, -0.05) is 221 Å². The molecule has 2 nitrogen and oxygen atoms in total. The Bertz CT molecular complexity index is 3800. The Morgan fingerprint density at radius 1 is 0.273 bits per heavy atom. The Kier molecular flexibility index (Phi) is 12.8. The van der Waals surface area contributed by atoms with E-state index in [-0.39, 0.29) is 5.41 Å². The molecule has 0 radical (unpaired) electrons. The molecule has 0 N–H and O–H groups in total. The number of fused-ring (bicyclic) bond motifs is 3. The minimum absolute atomic E-state index is 0.107. The first kappa shape index (κ1) is 47.7. The highest BCUT2D eigenvalue weighted by Gasteiger charge is 2.36. The van der Waals surface area contributed by atoms with Crippen molar-refractivity contribution in [3.8, 4) is 66.8 Å². The minimum Gasteiger partial charge on any atom is -0.311 e. The van der Waals surface area contributed by atoms with E-state index in [4.69, 9.17) is 0 Å². The molecule has 1 fully saturated rings. The van der Waals surface area contributed by atoms with Gasteiger partial charge in [0.2, 0.25) is 0 Å². The summed E-state index contributed by atoms with van der Waals surface area (Å²) in [6, 6.07) is 101. The molecule has 11 aromatic rings. The molecular formula is C75H62N2. The Labute approximate surface area is 455 Å². The molecule has 77 heavy (non-hydrogen) atoms. The highest BCUT2D eigenvalue weighted by atomic mass is 15.1. The van der Waals surface area contributed by atoms with Gasteiger partial charge in [-0.25, -0.2) is 0 Å². The quantitative estimate of drug-likeness (QED) is 0.120. The second-order valence-corrected chi connectivity index (χ2v) is 21.5. The van der Waals surface area contributed by atoms with E-state index in [1.165, 1.54) is 104 Å². The first-order chi connectivity index (χ1) is 37.9. The van der Waals surface area contributed by atoms with E-state index >= 15 is 0 Å². The van der Waals surface area contributed by atoms with Gasteiger partial charge in [0, 0.05) is 39.5 Å². The van der Waals surface area contributed by atoms with Crippen LogP contribution in [0.1, 0.15) is 68.6 Å². The fourth-order valence-corrected chi connectivity index (χ4v) is 12.4. The van der Waals surface area contributed by atoms with E-state index in [0.717, 1.165) is 45.3 Å². The maximum absolute atomic E-state index is 2.42. The average molecular weight is 991 g/mol. The summed E-state index contributed by atoms with van der Waals surface area (Å²) in [6.07, 6.45) is 6.72. The van der Waals surface area contributed by atoms with E-state index in [2.05, 4.69) is 297 Å². The second-order valence-electron chi connectivity index (χ2n) is 21.5. The largest absolute Gasteiger partial charge is 0.311 e. The zero-order valence-electron chi connectivity index (χ0n) is 44.0. The van der Waals surface area contributed by atoms with Crippen LogP contribution >= 0.6 is 0 Å². The van der Waals surface area contributed by atoms with Crippen molar-refractivity contribution in [2.75, 3.05) is 9.80 Å². The summed E-state index contributed by atoms with van der Waals surface area (Å²) in [4.78, 5) is 4.76. The van der Waals surface area contributed by atoms with Gasteiger partial charge in [0.25, 0.3) is 0 Å². The SMILES string of the molecule is CC1(C)c2ccccc2-c2ccc(N(c3ccccc3)c3ccc(-c4cc(-c5ccccc5)c(-c5ccc(N(c6ccccc6)c6ccc(-c7ccc(C8CCCCC8)cc7)cc6)cc5)cc4-c4ccccc4)cc3)cc21. The summed E-state index contributed by atoms with van der Waals surface area (Å²) in [5, 5.41) is 0. The molecule has 1 saturated carbocycles. The molecule has 0 spiro atoms. The molecular weight excluding hydrogens is 929 g/mol. The number of benzene rings is 11. The Hall–Kier alpha value is -8.98. The van der Waals surface area contributed by atoms with Crippen molar-refractivity contribution < 1.29 is 0 Å². The van der Waals surface area contributed by atoms with Crippen LogP contribution in [-0.2, 0) is 5.41 Å². The molecule has 2 heteroatoms. The summed E-state index contributed by atoms with van der Waals surface area (Å²) in [6.45, 7) is 4.71. The molecule has 0 bridgehead atoms. The first-order valence-corrected chi connectivity index (χ1v) is 27.6. The monoisotopic (exact) mass is 990 g/mol. The molecule has 2 aliphatic carbocycles. The third-order valence-electron chi connectivity index (χ3n) is 16.5. The third-order valence-corrected chi connectivity index (χ3v) is 16.5. The van der Waals surface area contributed by atoms with Crippen LogP contribution in [0.3, 0.4) is 0 Å². The highest BCUT2D eigenvalue weighted by Crippen LogP contribution is 2.51. The van der Waals surface area contributed by atoms with Gasteiger partial charge in [-0.15, -0.1) is 0 Å². The molecule has 372 valence electrons. The van der Waals surface area contributed by atoms with Crippen LogP contribution in [0.15, 0.2) is 273 Å². The van der Waals surface area contributed by atoms with Crippen LogP contribution in [-0.4, -0.2) is 0 Å². The maximum atomic E-state index is 2.42. The summed E-state index contributed by atoms with van der Waals surface area (Å²) >= 11 is 0. The lowest BCUT2D eigenvalue weighted by Gasteiger charge is -2.28. The van der Waals surface area contributed by atoms with E-state index in [9.17, 15) is 0 Å². The number of nitrogens with zero attached hydrogens (tertiary/aromatic N) is 2. The predicted octanol–water partition coefficient (Wildman–Crippen LogP) is 21.3. The van der Waals surface area contributed by atoms with Gasteiger partial charge in [-0.2, -0.15) is 0 Å². The average Bonchev–Trinajstić information content (AvgIpc) is 3.89. The number of anilines is 6. The van der Waals surface area contributed by atoms with Gasteiger partial charge in [0.1, 0.15) is 0 Å². The van der Waals surface area contributed by atoms with Crippen LogP contribution in [0.2, 0.25) is 0 Å². The highest BCUT2D eigenvalue weighted by molar-refractivity contribution is 5.96. The fraction of sp³-hybridized carbons (Fsp3) is 0.120. The van der Waals surface area contributed by atoms with Gasteiger partial charge in [-0.3, -0.25) is 0 Å². The molecule has 13 rings (SSSR count). The van der Waals surface area contributed by atoms with Crippen molar-refractivity contribution in [2.45, 2.75) is 57.3 Å². The van der Waals surface area contributed by atoms with Gasteiger partial charge in [0.05, 0.1) is 0 Å². The normalized spacial score (nSPS) is 13.6. The van der Waals surface area contributed by atoms with Gasteiger partial charge < -0.3 is 9.80 Å². The standard InChI is InChI=1S/C75H62N2/c1-75(2)73-31-19-18-30-67(73)68-49-48-66(50-74(68)75)77(62-28-16-7-17-29-62)65-46-40-60(41-47-65)72-52-69(57-22-10-4-11-23-57)71(51-70(72)58-24-12-5-13-25-58)59-38-44-64(45-39-59)76(61-26-14-6-15-27-61)63-42-36-56(37-43-63)55-34-32-54(33-35-55)53-20-8-3-9-21-53/h4-7,10-19,22-53H,3,8-9,20-21H2,1-2H3. The van der Waals surface area contributed by atoms with Crippen molar-refractivity contribution in [3.63, 3.8) is 0 Å². The molecule has 11 aromatic carbocycles. The van der Waals surface area contributed by atoms with Gasteiger partial charge in [0.15, 0.2) is 0 Å². The summed E-state index contributed by atoms with van der Waals surface area (Å²) < 4.78 is 0. The Morgan fingerprint density at radius 2 is 0.623 bits per heavy atom. The molecule has 0 aromatic heterocycles. The van der Waals surface area contributed by atoms with Crippen molar-refractivity contribution in [1.29, 1.82) is 0 Å². The predicted molar refractivity (Wildman–Crippen MR) is 326 cm³/mol. The maximum Gasteiger partial charge on any atom is 0.0465 e. The van der Waals surface area contributed by atoms with E-state index < -0.39 is 0 Å². The smallest absolute Gasteiger partial charge is 0.0465 e. The van der Waals surface area contributed by atoms with Crippen LogP contribution in [0.4, 0.5) is 34.1 Å². The summed E-state index contributed by atoms with van der Waals surface area (Å²) in [7, 11) is 0.